The highest BCUT2D eigenvalue weighted by molar-refractivity contribution is 7.92. The van der Waals surface area contributed by atoms with Crippen molar-refractivity contribution in [3.8, 4) is 0 Å². The number of sulfone groups is 1. The first kappa shape index (κ1) is 10.6. The van der Waals surface area contributed by atoms with Gasteiger partial charge in [-0.2, -0.15) is 0 Å². The summed E-state index contributed by atoms with van der Waals surface area (Å²) in [5, 5.41) is 2.29. The van der Waals surface area contributed by atoms with E-state index >= 15 is 0 Å². The molecule has 1 N–H and O–H groups in total. The molecule has 3 nitrogen and oxygen atoms in total. The number of nitrogens with one attached hydrogen (secondary N) is 1. The second-order valence-electron chi connectivity index (χ2n) is 3.67. The lowest BCUT2D eigenvalue weighted by Crippen LogP contribution is -2.26. The van der Waals surface area contributed by atoms with Crippen LogP contribution in [0.25, 0.3) is 0 Å². The third kappa shape index (κ3) is 1.30. The van der Waals surface area contributed by atoms with Gasteiger partial charge in [-0.25, -0.2) is 12.8 Å². The minimum atomic E-state index is -3.51. The van der Waals surface area contributed by atoms with Crippen LogP contribution in [0.2, 0.25) is 0 Å². The van der Waals surface area contributed by atoms with Crippen LogP contribution in [0.4, 0.5) is 4.39 Å². The van der Waals surface area contributed by atoms with Crippen LogP contribution in [-0.2, 0) is 9.84 Å². The van der Waals surface area contributed by atoms with E-state index in [1.54, 1.807) is 20.0 Å². The molecule has 1 heterocycles. The lowest BCUT2D eigenvalue weighted by Gasteiger charge is -2.13. The molecule has 0 aliphatic carbocycles. The van der Waals surface area contributed by atoms with Crippen molar-refractivity contribution in [3.63, 3.8) is 0 Å². The fourth-order valence-corrected chi connectivity index (χ4v) is 3.95. The molecule has 1 aromatic carbocycles. The third-order valence-corrected chi connectivity index (χ3v) is 5.14. The van der Waals surface area contributed by atoms with Crippen LogP contribution in [0.5, 0.6) is 0 Å². The zero-order chi connectivity index (χ0) is 11.2. The van der Waals surface area contributed by atoms with Gasteiger partial charge in [0.25, 0.3) is 0 Å². The third-order valence-electron chi connectivity index (χ3n) is 2.89. The van der Waals surface area contributed by atoms with Crippen LogP contribution in [0.3, 0.4) is 0 Å². The van der Waals surface area contributed by atoms with E-state index in [0.717, 1.165) is 0 Å². The first-order valence-corrected chi connectivity index (χ1v) is 6.24. The van der Waals surface area contributed by atoms with E-state index in [-0.39, 0.29) is 10.9 Å². The van der Waals surface area contributed by atoms with Crippen LogP contribution in [0.1, 0.15) is 18.5 Å². The Hall–Kier alpha value is -0.940. The molecular weight excluding hydrogens is 217 g/mol. The quantitative estimate of drug-likeness (QED) is 0.788. The molecule has 1 aliphatic rings. The van der Waals surface area contributed by atoms with Gasteiger partial charge in [-0.15, -0.1) is 0 Å². The van der Waals surface area contributed by atoms with Crippen LogP contribution in [0, 0.1) is 5.82 Å². The molecule has 0 saturated carbocycles. The molecule has 0 aromatic heterocycles. The predicted octanol–water partition coefficient (Wildman–Crippen LogP) is 1.26. The number of benzene rings is 1. The molecule has 2 atom stereocenters. The fraction of sp³-hybridized carbons (Fsp3) is 0.400. The highest BCUT2D eigenvalue weighted by Crippen LogP contribution is 2.39. The summed E-state index contributed by atoms with van der Waals surface area (Å²) in [6.07, 6.45) is 0. The van der Waals surface area contributed by atoms with Crippen molar-refractivity contribution in [1.29, 1.82) is 0 Å². The van der Waals surface area contributed by atoms with Crippen LogP contribution >= 0.6 is 0 Å². The zero-order valence-electron chi connectivity index (χ0n) is 8.49. The lowest BCUT2D eigenvalue weighted by molar-refractivity contribution is 0.553. The molecule has 2 unspecified atom stereocenters. The Morgan fingerprint density at radius 2 is 2.07 bits per heavy atom. The maximum absolute atomic E-state index is 13.5. The molecule has 15 heavy (non-hydrogen) atoms. The first-order valence-electron chi connectivity index (χ1n) is 4.69. The summed E-state index contributed by atoms with van der Waals surface area (Å²) in [6.45, 7) is 1.59. The van der Waals surface area contributed by atoms with Gasteiger partial charge in [0.1, 0.15) is 10.7 Å². The molecule has 0 radical (unpaired) electrons. The minimum Gasteiger partial charge on any atom is -0.312 e. The van der Waals surface area contributed by atoms with Crippen molar-refractivity contribution in [3.05, 3.63) is 29.6 Å². The lowest BCUT2D eigenvalue weighted by atomic mass is 10.1. The van der Waals surface area contributed by atoms with E-state index < -0.39 is 20.9 Å². The molecule has 1 aromatic rings. The van der Waals surface area contributed by atoms with E-state index in [2.05, 4.69) is 5.32 Å². The zero-order valence-corrected chi connectivity index (χ0v) is 9.31. The van der Waals surface area contributed by atoms with Crippen molar-refractivity contribution in [2.75, 3.05) is 7.05 Å². The second kappa shape index (κ2) is 3.28. The van der Waals surface area contributed by atoms with Crippen molar-refractivity contribution in [1.82, 2.24) is 5.32 Å². The van der Waals surface area contributed by atoms with E-state index in [1.165, 1.54) is 12.1 Å². The molecule has 0 spiro atoms. The van der Waals surface area contributed by atoms with Crippen LogP contribution in [0.15, 0.2) is 23.1 Å². The molecule has 0 bridgehead atoms. The summed E-state index contributed by atoms with van der Waals surface area (Å²) in [6, 6.07) is 4.05. The van der Waals surface area contributed by atoms with Crippen molar-refractivity contribution in [2.24, 2.45) is 0 Å². The van der Waals surface area contributed by atoms with Gasteiger partial charge in [-0.3, -0.25) is 0 Å². The number of hydrogen-bond donors (Lipinski definition) is 1. The summed E-state index contributed by atoms with van der Waals surface area (Å²) in [7, 11) is -1.84. The molecule has 5 heteroatoms. The average Bonchev–Trinajstić information content (AvgIpc) is 2.36. The maximum atomic E-state index is 13.5. The Morgan fingerprint density at radius 1 is 1.40 bits per heavy atom. The second-order valence-corrected chi connectivity index (χ2v) is 5.92. The summed E-state index contributed by atoms with van der Waals surface area (Å²) >= 11 is 0. The Balaban J connectivity index is 2.76. The van der Waals surface area contributed by atoms with Crippen LogP contribution < -0.4 is 5.32 Å². The van der Waals surface area contributed by atoms with Crippen molar-refractivity contribution < 1.29 is 12.8 Å². The van der Waals surface area contributed by atoms with E-state index in [4.69, 9.17) is 0 Å². The van der Waals surface area contributed by atoms with E-state index in [9.17, 15) is 12.8 Å². The normalized spacial score (nSPS) is 27.7. The molecule has 1 aliphatic heterocycles. The Morgan fingerprint density at radius 3 is 2.67 bits per heavy atom. The van der Waals surface area contributed by atoms with Gasteiger partial charge in [0.15, 0.2) is 9.84 Å². The van der Waals surface area contributed by atoms with Crippen LogP contribution in [-0.4, -0.2) is 20.7 Å². The van der Waals surface area contributed by atoms with Crippen molar-refractivity contribution in [2.45, 2.75) is 23.1 Å². The maximum Gasteiger partial charge on any atom is 0.186 e. The fourth-order valence-electron chi connectivity index (χ4n) is 2.08. The summed E-state index contributed by atoms with van der Waals surface area (Å²) < 4.78 is 37.3. The van der Waals surface area contributed by atoms with Crippen molar-refractivity contribution >= 4 is 9.84 Å². The Labute approximate surface area is 88.2 Å². The standard InChI is InChI=1S/C10H12FNO2S/c1-6-9(12-2)7-4-3-5-8(11)10(7)15(6,13)14/h3-6,9,12H,1-2H3. The SMILES string of the molecule is CNC1c2cccc(F)c2S(=O)(=O)C1C. The number of halogens is 1. The molecule has 0 fully saturated rings. The number of fused-ring (bicyclic) bond motifs is 1. The molecular formula is C10H12FNO2S. The largest absolute Gasteiger partial charge is 0.312 e. The molecule has 0 saturated heterocycles. The molecule has 2 rings (SSSR count). The van der Waals surface area contributed by atoms with Gasteiger partial charge >= 0.3 is 0 Å². The van der Waals surface area contributed by atoms with Gasteiger partial charge in [0, 0.05) is 0 Å². The summed E-state index contributed by atoms with van der Waals surface area (Å²) in [5.41, 5.74) is 0.532. The number of hydrogen-bond acceptors (Lipinski definition) is 3. The molecule has 82 valence electrons. The monoisotopic (exact) mass is 229 g/mol. The Bertz CT molecular complexity index is 498. The number of rotatable bonds is 1. The van der Waals surface area contributed by atoms with Gasteiger partial charge in [-0.05, 0) is 25.6 Å². The summed E-state index contributed by atoms with van der Waals surface area (Å²) in [5.74, 6) is -0.655. The van der Waals surface area contributed by atoms with E-state index in [0.29, 0.717) is 5.56 Å². The van der Waals surface area contributed by atoms with Gasteiger partial charge in [0.05, 0.1) is 11.3 Å². The van der Waals surface area contributed by atoms with Gasteiger partial charge in [0.2, 0.25) is 0 Å². The Kier molecular flexibility index (Phi) is 2.31. The smallest absolute Gasteiger partial charge is 0.186 e. The van der Waals surface area contributed by atoms with E-state index in [1.807, 2.05) is 0 Å². The first-order chi connectivity index (χ1) is 7.00. The highest BCUT2D eigenvalue weighted by Gasteiger charge is 2.43. The van der Waals surface area contributed by atoms with Gasteiger partial charge in [-0.1, -0.05) is 12.1 Å². The predicted molar refractivity (Wildman–Crippen MR) is 54.8 cm³/mol. The highest BCUT2D eigenvalue weighted by atomic mass is 32.2. The topological polar surface area (TPSA) is 46.2 Å². The summed E-state index contributed by atoms with van der Waals surface area (Å²) in [4.78, 5) is -0.142. The average molecular weight is 229 g/mol. The minimum absolute atomic E-state index is 0.142. The molecule has 0 amide bonds. The van der Waals surface area contributed by atoms with Gasteiger partial charge < -0.3 is 5.32 Å².